The molecule has 6 fully saturated rings. The van der Waals surface area contributed by atoms with Crippen LogP contribution in [0.4, 0.5) is 0 Å². The molecule has 0 aromatic carbocycles. The number of carbonyl (C=O) groups is 1. The maximum absolute atomic E-state index is 12.2. The zero-order chi connectivity index (χ0) is 20.9. The number of hydrogen-bond donors (Lipinski definition) is 0. The first-order valence-corrected chi connectivity index (χ1v) is 13.1. The average Bonchev–Trinajstić information content (AvgIpc) is 3.16. The third kappa shape index (κ3) is 2.54. The maximum Gasteiger partial charge on any atom is 0.171 e. The van der Waals surface area contributed by atoms with Crippen LogP contribution in [0.3, 0.4) is 0 Å². The number of hydrogen-bond acceptors (Lipinski definition) is 3. The predicted octanol–water partition coefficient (Wildman–Crippen LogP) is 6.00. The van der Waals surface area contributed by atoms with Crippen molar-refractivity contribution >= 4 is 5.78 Å². The Balaban J connectivity index is 1.26. The van der Waals surface area contributed by atoms with E-state index < -0.39 is 0 Å². The molecule has 1 spiro atoms. The van der Waals surface area contributed by atoms with Gasteiger partial charge in [0, 0.05) is 25.2 Å². The molecule has 2 saturated heterocycles. The normalized spacial score (nSPS) is 60.1. The lowest BCUT2D eigenvalue weighted by atomic mass is 9.44. The second-order valence-electron chi connectivity index (χ2n) is 12.9. The van der Waals surface area contributed by atoms with Crippen LogP contribution < -0.4 is 0 Å². The zero-order valence-corrected chi connectivity index (χ0v) is 19.6. The van der Waals surface area contributed by atoms with Crippen molar-refractivity contribution in [2.24, 2.45) is 52.3 Å². The van der Waals surface area contributed by atoms with E-state index in [9.17, 15) is 4.79 Å². The molecule has 2 aliphatic heterocycles. The highest BCUT2D eigenvalue weighted by molar-refractivity contribution is 5.79. The summed E-state index contributed by atoms with van der Waals surface area (Å²) < 4.78 is 13.4. The lowest BCUT2D eigenvalue weighted by molar-refractivity contribution is -0.273. The second-order valence-corrected chi connectivity index (χ2v) is 12.9. The van der Waals surface area contributed by atoms with Gasteiger partial charge >= 0.3 is 0 Å². The molecule has 11 atom stereocenters. The molecule has 6 rings (SSSR count). The Morgan fingerprint density at radius 3 is 2.53 bits per heavy atom. The first kappa shape index (κ1) is 20.2. The summed E-state index contributed by atoms with van der Waals surface area (Å²) >= 11 is 0. The molecule has 3 nitrogen and oxygen atoms in total. The molecule has 4 aliphatic carbocycles. The number of Topliss-reactive ketones (excluding diaryl/α,β-unsaturated/α-hetero) is 1. The summed E-state index contributed by atoms with van der Waals surface area (Å²) in [6.07, 6.45) is 12.2. The van der Waals surface area contributed by atoms with Gasteiger partial charge in [-0.25, -0.2) is 0 Å². The van der Waals surface area contributed by atoms with Crippen molar-refractivity contribution in [2.45, 2.75) is 104 Å². The second kappa shape index (κ2) is 6.56. The minimum atomic E-state index is -0.292. The van der Waals surface area contributed by atoms with Crippen LogP contribution in [-0.4, -0.2) is 24.3 Å². The monoisotopic (exact) mass is 414 g/mol. The van der Waals surface area contributed by atoms with Gasteiger partial charge in [0.05, 0.1) is 12.7 Å². The molecule has 6 aliphatic rings. The van der Waals surface area contributed by atoms with E-state index in [1.54, 1.807) is 0 Å². The average molecular weight is 415 g/mol. The van der Waals surface area contributed by atoms with E-state index in [2.05, 4.69) is 27.7 Å². The molecule has 4 saturated carbocycles. The zero-order valence-electron chi connectivity index (χ0n) is 19.6. The number of carbonyl (C=O) groups excluding carboxylic acids is 1. The highest BCUT2D eigenvalue weighted by Crippen LogP contribution is 2.71. The standard InChI is InChI=1S/C27H42O3/c1-16-7-12-27(29-15-16)17(2)24-23(30-27)14-22-20-6-5-18-13-19(28)8-10-25(18,3)21(20)9-11-26(22,24)4/h16-18,20-24H,5-15H2,1-4H3/t16?,17-,18+,20?,21?,22?,23-,24?,25-,26-,27+/m0/s1. The van der Waals surface area contributed by atoms with Crippen LogP contribution in [0.1, 0.15) is 91.9 Å². The fourth-order valence-electron chi connectivity index (χ4n) is 10.1. The van der Waals surface area contributed by atoms with Crippen molar-refractivity contribution in [3.05, 3.63) is 0 Å². The van der Waals surface area contributed by atoms with Crippen LogP contribution in [0.15, 0.2) is 0 Å². The smallest absolute Gasteiger partial charge is 0.171 e. The molecule has 0 aromatic rings. The summed E-state index contributed by atoms with van der Waals surface area (Å²) in [4.78, 5) is 12.2. The van der Waals surface area contributed by atoms with E-state index in [1.807, 2.05) is 0 Å². The Morgan fingerprint density at radius 2 is 1.77 bits per heavy atom. The van der Waals surface area contributed by atoms with E-state index in [1.165, 1.54) is 38.5 Å². The fraction of sp³-hybridized carbons (Fsp3) is 0.963. The van der Waals surface area contributed by atoms with Gasteiger partial charge < -0.3 is 9.47 Å². The third-order valence-corrected chi connectivity index (χ3v) is 11.7. The Labute approximate surface area is 183 Å². The van der Waals surface area contributed by atoms with Gasteiger partial charge in [-0.05, 0) is 91.3 Å². The van der Waals surface area contributed by atoms with Crippen molar-refractivity contribution in [3.8, 4) is 0 Å². The Kier molecular flexibility index (Phi) is 4.42. The Morgan fingerprint density at radius 1 is 0.933 bits per heavy atom. The molecule has 0 radical (unpaired) electrons. The van der Waals surface area contributed by atoms with Crippen molar-refractivity contribution in [3.63, 3.8) is 0 Å². The molecule has 0 bridgehead atoms. The van der Waals surface area contributed by atoms with E-state index >= 15 is 0 Å². The molecule has 0 N–H and O–H groups in total. The lowest BCUT2D eigenvalue weighted by Crippen LogP contribution is -2.54. The van der Waals surface area contributed by atoms with Gasteiger partial charge in [-0.1, -0.05) is 27.7 Å². The van der Waals surface area contributed by atoms with E-state index in [0.29, 0.717) is 46.4 Å². The summed E-state index contributed by atoms with van der Waals surface area (Å²) in [7, 11) is 0. The number of ketones is 1. The first-order chi connectivity index (χ1) is 14.3. The highest BCUT2D eigenvalue weighted by Gasteiger charge is 2.69. The molecule has 3 heteroatoms. The van der Waals surface area contributed by atoms with Gasteiger partial charge in [0.25, 0.3) is 0 Å². The first-order valence-electron chi connectivity index (χ1n) is 13.1. The van der Waals surface area contributed by atoms with Crippen molar-refractivity contribution in [1.82, 2.24) is 0 Å². The predicted molar refractivity (Wildman–Crippen MR) is 117 cm³/mol. The molecule has 30 heavy (non-hydrogen) atoms. The van der Waals surface area contributed by atoms with Gasteiger partial charge in [0.2, 0.25) is 0 Å². The summed E-state index contributed by atoms with van der Waals surface area (Å²) in [5, 5.41) is 0. The van der Waals surface area contributed by atoms with Crippen molar-refractivity contribution in [2.75, 3.05) is 6.61 Å². The van der Waals surface area contributed by atoms with Crippen LogP contribution in [0.5, 0.6) is 0 Å². The molecule has 2 heterocycles. The minimum absolute atomic E-state index is 0.292. The van der Waals surface area contributed by atoms with Gasteiger partial charge in [0.1, 0.15) is 5.78 Å². The SMILES string of the molecule is CC1CC[C@@]2(OC1)O[C@H]1CC3C4CC[C@@H]5CC(=O)CC[C@]5(C)C4CC[C@]3(C)C1[C@@H]2C. The lowest BCUT2D eigenvalue weighted by Gasteiger charge is -2.60. The van der Waals surface area contributed by atoms with E-state index in [4.69, 9.17) is 9.47 Å². The molecule has 0 amide bonds. The van der Waals surface area contributed by atoms with Crippen molar-refractivity contribution < 1.29 is 14.3 Å². The molecular weight excluding hydrogens is 372 g/mol. The summed E-state index contributed by atoms with van der Waals surface area (Å²) in [5.41, 5.74) is 0.820. The Hall–Kier alpha value is -0.410. The summed E-state index contributed by atoms with van der Waals surface area (Å²) in [5.74, 6) is 5.23. The van der Waals surface area contributed by atoms with Gasteiger partial charge in [-0.15, -0.1) is 0 Å². The van der Waals surface area contributed by atoms with Gasteiger partial charge in [0.15, 0.2) is 5.79 Å². The third-order valence-electron chi connectivity index (χ3n) is 11.7. The number of rotatable bonds is 0. The molecule has 5 unspecified atom stereocenters. The van der Waals surface area contributed by atoms with Crippen LogP contribution >= 0.6 is 0 Å². The van der Waals surface area contributed by atoms with Crippen LogP contribution in [0.2, 0.25) is 0 Å². The van der Waals surface area contributed by atoms with E-state index in [0.717, 1.165) is 50.0 Å². The molecule has 0 aromatic heterocycles. The Bertz CT molecular complexity index is 724. The molecule has 168 valence electrons. The van der Waals surface area contributed by atoms with Gasteiger partial charge in [-0.3, -0.25) is 4.79 Å². The van der Waals surface area contributed by atoms with Gasteiger partial charge in [-0.2, -0.15) is 0 Å². The molecular formula is C27H42O3. The summed E-state index contributed by atoms with van der Waals surface area (Å²) in [6.45, 7) is 10.8. The highest BCUT2D eigenvalue weighted by atomic mass is 16.7. The van der Waals surface area contributed by atoms with Crippen molar-refractivity contribution in [1.29, 1.82) is 0 Å². The number of fused-ring (bicyclic) bond motifs is 7. The minimum Gasteiger partial charge on any atom is -0.349 e. The fourth-order valence-corrected chi connectivity index (χ4v) is 10.1. The summed E-state index contributed by atoms with van der Waals surface area (Å²) in [6, 6.07) is 0. The van der Waals surface area contributed by atoms with E-state index in [-0.39, 0.29) is 5.79 Å². The largest absolute Gasteiger partial charge is 0.349 e. The van der Waals surface area contributed by atoms with Crippen LogP contribution in [0, 0.1) is 52.3 Å². The quantitative estimate of drug-likeness (QED) is 0.487. The topological polar surface area (TPSA) is 35.5 Å². The maximum atomic E-state index is 12.2. The number of ether oxygens (including phenoxy) is 2. The van der Waals surface area contributed by atoms with Crippen LogP contribution in [-0.2, 0) is 14.3 Å². The van der Waals surface area contributed by atoms with Crippen LogP contribution in [0.25, 0.3) is 0 Å².